The van der Waals surface area contributed by atoms with Gasteiger partial charge in [-0.15, -0.1) is 0 Å². The van der Waals surface area contributed by atoms with Crippen molar-refractivity contribution >= 4 is 22.7 Å². The third-order valence-corrected chi connectivity index (χ3v) is 4.98. The molecule has 2 rings (SSSR count). The fourth-order valence-electron chi connectivity index (χ4n) is 2.88. The molecule has 1 amide bonds. The molecule has 0 N–H and O–H groups in total. The second-order valence-corrected chi connectivity index (χ2v) is 6.79. The first-order valence-electron chi connectivity index (χ1n) is 8.68. The number of amides is 1. The maximum atomic E-state index is 12.3. The highest BCUT2D eigenvalue weighted by atomic mass is 32.2. The fourth-order valence-corrected chi connectivity index (χ4v) is 3.33. The van der Waals surface area contributed by atoms with E-state index in [2.05, 4.69) is 39.0 Å². The average Bonchev–Trinajstić information content (AvgIpc) is 2.62. The van der Waals surface area contributed by atoms with E-state index in [4.69, 9.17) is 4.74 Å². The topological polar surface area (TPSA) is 29.5 Å². The first-order valence-corrected chi connectivity index (χ1v) is 9.90. The SMILES string of the molecule is CCc1ccc(OCc2c(C)cccc2N(CC)C(=O)SC)c(C)c1. The Hall–Kier alpha value is -1.94. The highest BCUT2D eigenvalue weighted by Crippen LogP contribution is 2.28. The summed E-state index contributed by atoms with van der Waals surface area (Å²) in [5, 5.41) is 0.0535. The minimum atomic E-state index is 0.0535. The normalized spacial score (nSPS) is 10.6. The van der Waals surface area contributed by atoms with Crippen LogP contribution in [0.5, 0.6) is 5.75 Å². The maximum Gasteiger partial charge on any atom is 0.285 e. The largest absolute Gasteiger partial charge is 0.489 e. The lowest BCUT2D eigenvalue weighted by atomic mass is 10.1. The van der Waals surface area contributed by atoms with Gasteiger partial charge in [0.1, 0.15) is 12.4 Å². The van der Waals surface area contributed by atoms with E-state index in [-0.39, 0.29) is 5.24 Å². The van der Waals surface area contributed by atoms with Crippen LogP contribution in [0.1, 0.15) is 36.1 Å². The van der Waals surface area contributed by atoms with Crippen LogP contribution in [0.25, 0.3) is 0 Å². The second kappa shape index (κ2) is 8.95. The zero-order valence-corrected chi connectivity index (χ0v) is 16.6. The van der Waals surface area contributed by atoms with E-state index in [0.717, 1.165) is 34.5 Å². The van der Waals surface area contributed by atoms with Crippen molar-refractivity contribution in [2.75, 3.05) is 17.7 Å². The van der Waals surface area contributed by atoms with Gasteiger partial charge in [0.25, 0.3) is 5.24 Å². The molecule has 0 saturated heterocycles. The van der Waals surface area contributed by atoms with E-state index in [1.54, 1.807) is 0 Å². The maximum absolute atomic E-state index is 12.3. The molecule has 0 aliphatic carbocycles. The molecule has 0 saturated carbocycles. The number of benzene rings is 2. The Morgan fingerprint density at radius 1 is 1.12 bits per heavy atom. The molecule has 0 fully saturated rings. The quantitative estimate of drug-likeness (QED) is 0.659. The van der Waals surface area contributed by atoms with Crippen LogP contribution in [0.4, 0.5) is 10.5 Å². The van der Waals surface area contributed by atoms with Crippen LogP contribution in [0.3, 0.4) is 0 Å². The number of ether oxygens (including phenoxy) is 1. The van der Waals surface area contributed by atoms with E-state index < -0.39 is 0 Å². The Morgan fingerprint density at radius 3 is 2.48 bits per heavy atom. The summed E-state index contributed by atoms with van der Waals surface area (Å²) in [6.07, 6.45) is 2.83. The lowest BCUT2D eigenvalue weighted by molar-refractivity contribution is 0.265. The smallest absolute Gasteiger partial charge is 0.285 e. The second-order valence-electron chi connectivity index (χ2n) is 6.03. The highest BCUT2D eigenvalue weighted by Gasteiger charge is 2.18. The van der Waals surface area contributed by atoms with Gasteiger partial charge >= 0.3 is 0 Å². The number of thioether (sulfide) groups is 1. The molecule has 0 heterocycles. The summed E-state index contributed by atoms with van der Waals surface area (Å²) < 4.78 is 6.11. The molecule has 0 aromatic heterocycles. The number of hydrogen-bond donors (Lipinski definition) is 0. The van der Waals surface area contributed by atoms with Crippen LogP contribution in [-0.4, -0.2) is 18.0 Å². The summed E-state index contributed by atoms with van der Waals surface area (Å²) in [4.78, 5) is 14.1. The van der Waals surface area contributed by atoms with Gasteiger partial charge in [0.15, 0.2) is 0 Å². The van der Waals surface area contributed by atoms with Crippen LogP contribution < -0.4 is 9.64 Å². The predicted molar refractivity (Wildman–Crippen MR) is 108 cm³/mol. The number of rotatable bonds is 6. The molecule has 2 aromatic carbocycles. The van der Waals surface area contributed by atoms with Crippen molar-refractivity contribution in [1.82, 2.24) is 0 Å². The van der Waals surface area contributed by atoms with Gasteiger partial charge in [0.05, 0.1) is 5.69 Å². The van der Waals surface area contributed by atoms with Gasteiger partial charge in [-0.25, -0.2) is 0 Å². The number of aryl methyl sites for hydroxylation is 3. The predicted octanol–water partition coefficient (Wildman–Crippen LogP) is 5.75. The van der Waals surface area contributed by atoms with Crippen molar-refractivity contribution < 1.29 is 9.53 Å². The van der Waals surface area contributed by atoms with Crippen molar-refractivity contribution in [1.29, 1.82) is 0 Å². The molecule has 0 spiro atoms. The molecule has 25 heavy (non-hydrogen) atoms. The van der Waals surface area contributed by atoms with Crippen LogP contribution in [0.15, 0.2) is 36.4 Å². The number of hydrogen-bond acceptors (Lipinski definition) is 3. The Morgan fingerprint density at radius 2 is 1.88 bits per heavy atom. The minimum Gasteiger partial charge on any atom is -0.489 e. The van der Waals surface area contributed by atoms with Gasteiger partial charge in [0, 0.05) is 12.1 Å². The third kappa shape index (κ3) is 4.57. The Kier molecular flexibility index (Phi) is 6.94. The molecule has 4 heteroatoms. The molecule has 0 atom stereocenters. The van der Waals surface area contributed by atoms with Gasteiger partial charge in [-0.05, 0) is 62.3 Å². The summed E-state index contributed by atoms with van der Waals surface area (Å²) in [5.74, 6) is 0.894. The number of carbonyl (C=O) groups is 1. The molecule has 2 aromatic rings. The first-order chi connectivity index (χ1) is 12.0. The molecule has 0 aliphatic rings. The summed E-state index contributed by atoms with van der Waals surface area (Å²) in [6.45, 7) is 9.37. The summed E-state index contributed by atoms with van der Waals surface area (Å²) >= 11 is 1.23. The van der Waals surface area contributed by atoms with Gasteiger partial charge in [0.2, 0.25) is 0 Å². The van der Waals surface area contributed by atoms with Gasteiger partial charge in [-0.3, -0.25) is 4.79 Å². The minimum absolute atomic E-state index is 0.0535. The lowest BCUT2D eigenvalue weighted by Crippen LogP contribution is -2.28. The average molecular weight is 358 g/mol. The van der Waals surface area contributed by atoms with E-state index in [9.17, 15) is 4.79 Å². The van der Waals surface area contributed by atoms with E-state index in [0.29, 0.717) is 13.2 Å². The third-order valence-electron chi connectivity index (χ3n) is 4.41. The Bertz CT molecular complexity index is 743. The molecular formula is C21H27NO2S. The summed E-state index contributed by atoms with van der Waals surface area (Å²) in [6, 6.07) is 12.4. The highest BCUT2D eigenvalue weighted by molar-refractivity contribution is 8.13. The standard InChI is InChI=1S/C21H27NO2S/c1-6-17-11-12-20(16(4)13-17)24-14-18-15(3)9-8-10-19(18)22(7-2)21(23)25-5/h8-13H,6-7,14H2,1-5H3. The van der Waals surface area contributed by atoms with E-state index in [1.807, 2.05) is 36.3 Å². The van der Waals surface area contributed by atoms with Crippen molar-refractivity contribution in [3.8, 4) is 5.75 Å². The number of nitrogens with zero attached hydrogens (tertiary/aromatic N) is 1. The summed E-state index contributed by atoms with van der Waals surface area (Å²) in [7, 11) is 0. The first kappa shape index (κ1) is 19.4. The van der Waals surface area contributed by atoms with Crippen LogP contribution in [0, 0.1) is 13.8 Å². The summed E-state index contributed by atoms with van der Waals surface area (Å²) in [5.41, 5.74) is 5.58. The zero-order chi connectivity index (χ0) is 18.4. The zero-order valence-electron chi connectivity index (χ0n) is 15.8. The monoisotopic (exact) mass is 357 g/mol. The molecule has 0 radical (unpaired) electrons. The van der Waals surface area contributed by atoms with E-state index in [1.165, 1.54) is 17.3 Å². The van der Waals surface area contributed by atoms with Crippen molar-refractivity contribution in [2.24, 2.45) is 0 Å². The fraction of sp³-hybridized carbons (Fsp3) is 0.381. The van der Waals surface area contributed by atoms with Gasteiger partial charge < -0.3 is 9.64 Å². The molecular weight excluding hydrogens is 330 g/mol. The van der Waals surface area contributed by atoms with E-state index >= 15 is 0 Å². The van der Waals surface area contributed by atoms with Crippen LogP contribution in [0.2, 0.25) is 0 Å². The van der Waals surface area contributed by atoms with Crippen LogP contribution >= 0.6 is 11.8 Å². The Balaban J connectivity index is 2.29. The lowest BCUT2D eigenvalue weighted by Gasteiger charge is -2.24. The molecule has 3 nitrogen and oxygen atoms in total. The van der Waals surface area contributed by atoms with Crippen molar-refractivity contribution in [3.05, 3.63) is 58.7 Å². The number of anilines is 1. The van der Waals surface area contributed by atoms with Crippen molar-refractivity contribution in [2.45, 2.75) is 40.7 Å². The molecule has 134 valence electrons. The number of carbonyl (C=O) groups excluding carboxylic acids is 1. The van der Waals surface area contributed by atoms with Gasteiger partial charge in [-0.1, -0.05) is 43.0 Å². The molecule has 0 unspecified atom stereocenters. The molecule has 0 bridgehead atoms. The van der Waals surface area contributed by atoms with Gasteiger partial charge in [-0.2, -0.15) is 0 Å². The van der Waals surface area contributed by atoms with Crippen molar-refractivity contribution in [3.63, 3.8) is 0 Å². The Labute approximate surface area is 155 Å². The molecule has 0 aliphatic heterocycles. The van der Waals surface area contributed by atoms with Crippen LogP contribution in [-0.2, 0) is 13.0 Å².